The molecule has 0 saturated carbocycles. The van der Waals surface area contributed by atoms with Crippen molar-refractivity contribution in [1.29, 1.82) is 0 Å². The van der Waals surface area contributed by atoms with Crippen molar-refractivity contribution in [2.75, 3.05) is 27.2 Å². The predicted molar refractivity (Wildman–Crippen MR) is 64.0 cm³/mol. The zero-order chi connectivity index (χ0) is 11.1. The largest absolute Gasteiger partial charge is 0.315 e. The number of rotatable bonds is 6. The van der Waals surface area contributed by atoms with Crippen LogP contribution in [0.1, 0.15) is 12.5 Å². The molecular weight excluding hydrogens is 186 g/mol. The Morgan fingerprint density at radius 2 is 2.00 bits per heavy atom. The maximum atomic E-state index is 4.00. The predicted octanol–water partition coefficient (Wildman–Crippen LogP) is 1.16. The monoisotopic (exact) mass is 207 g/mol. The molecule has 0 aliphatic carbocycles. The van der Waals surface area contributed by atoms with Gasteiger partial charge in [-0.3, -0.25) is 4.98 Å². The van der Waals surface area contributed by atoms with Crippen molar-refractivity contribution in [2.24, 2.45) is 0 Å². The van der Waals surface area contributed by atoms with E-state index < -0.39 is 0 Å². The topological polar surface area (TPSA) is 28.2 Å². The summed E-state index contributed by atoms with van der Waals surface area (Å²) in [6, 6.07) is 4.72. The Hall–Kier alpha value is -0.930. The summed E-state index contributed by atoms with van der Waals surface area (Å²) >= 11 is 0. The van der Waals surface area contributed by atoms with Crippen molar-refractivity contribution in [2.45, 2.75) is 19.4 Å². The molecule has 3 heteroatoms. The van der Waals surface area contributed by atoms with Crippen molar-refractivity contribution in [1.82, 2.24) is 15.2 Å². The van der Waals surface area contributed by atoms with E-state index in [1.54, 1.807) is 0 Å². The van der Waals surface area contributed by atoms with E-state index in [1.807, 2.05) is 12.4 Å². The lowest BCUT2D eigenvalue weighted by atomic mass is 10.2. The van der Waals surface area contributed by atoms with Crippen molar-refractivity contribution in [3.8, 4) is 0 Å². The highest BCUT2D eigenvalue weighted by Gasteiger charge is 2.02. The smallest absolute Gasteiger partial charge is 0.0270 e. The Bertz CT molecular complexity index is 259. The van der Waals surface area contributed by atoms with Gasteiger partial charge in [-0.05, 0) is 51.7 Å². The Kier molecular flexibility index (Phi) is 5.29. The summed E-state index contributed by atoms with van der Waals surface area (Å²) in [7, 11) is 4.21. The first-order valence-corrected chi connectivity index (χ1v) is 5.46. The number of nitrogens with one attached hydrogen (secondary N) is 1. The van der Waals surface area contributed by atoms with Gasteiger partial charge in [0.25, 0.3) is 0 Å². The zero-order valence-electron chi connectivity index (χ0n) is 9.90. The molecule has 1 atom stereocenters. The van der Waals surface area contributed by atoms with Gasteiger partial charge in [0.2, 0.25) is 0 Å². The van der Waals surface area contributed by atoms with Crippen LogP contribution in [0.25, 0.3) is 0 Å². The normalized spacial score (nSPS) is 13.1. The minimum Gasteiger partial charge on any atom is -0.315 e. The summed E-state index contributed by atoms with van der Waals surface area (Å²) in [4.78, 5) is 6.22. The van der Waals surface area contributed by atoms with Gasteiger partial charge in [0.15, 0.2) is 0 Å². The van der Waals surface area contributed by atoms with Gasteiger partial charge >= 0.3 is 0 Å². The van der Waals surface area contributed by atoms with Crippen molar-refractivity contribution in [3.05, 3.63) is 30.1 Å². The summed E-state index contributed by atoms with van der Waals surface area (Å²) in [5.74, 6) is 0. The van der Waals surface area contributed by atoms with Crippen LogP contribution in [-0.2, 0) is 6.42 Å². The molecule has 0 bridgehead atoms. The van der Waals surface area contributed by atoms with Crippen LogP contribution in [0.5, 0.6) is 0 Å². The molecule has 1 aromatic heterocycles. The average molecular weight is 207 g/mol. The fourth-order valence-corrected chi connectivity index (χ4v) is 1.28. The number of nitrogens with zero attached hydrogens (tertiary/aromatic N) is 2. The maximum absolute atomic E-state index is 4.00. The first-order valence-electron chi connectivity index (χ1n) is 5.46. The number of aromatic nitrogens is 1. The summed E-state index contributed by atoms with van der Waals surface area (Å²) < 4.78 is 0. The molecule has 84 valence electrons. The van der Waals surface area contributed by atoms with Crippen LogP contribution >= 0.6 is 0 Å². The van der Waals surface area contributed by atoms with Crippen molar-refractivity contribution in [3.63, 3.8) is 0 Å². The van der Waals surface area contributed by atoms with Gasteiger partial charge in [-0.1, -0.05) is 0 Å². The molecule has 0 aliphatic heterocycles. The Morgan fingerprint density at radius 1 is 1.33 bits per heavy atom. The van der Waals surface area contributed by atoms with E-state index in [0.29, 0.717) is 6.04 Å². The minimum atomic E-state index is 0.586. The van der Waals surface area contributed by atoms with Crippen LogP contribution in [-0.4, -0.2) is 43.1 Å². The quantitative estimate of drug-likeness (QED) is 0.710. The SMILES string of the molecule is CC(CNCCc1ccncc1)N(C)C. The Balaban J connectivity index is 2.12. The molecule has 0 amide bonds. The molecule has 15 heavy (non-hydrogen) atoms. The number of hydrogen-bond acceptors (Lipinski definition) is 3. The first kappa shape index (κ1) is 12.1. The molecule has 3 nitrogen and oxygen atoms in total. The highest BCUT2D eigenvalue weighted by molar-refractivity contribution is 5.09. The lowest BCUT2D eigenvalue weighted by molar-refractivity contribution is 0.303. The molecule has 1 aromatic rings. The molecule has 1 rings (SSSR count). The molecule has 0 fully saturated rings. The van der Waals surface area contributed by atoms with Gasteiger partial charge < -0.3 is 10.2 Å². The summed E-state index contributed by atoms with van der Waals surface area (Å²) in [5.41, 5.74) is 1.34. The van der Waals surface area contributed by atoms with Crippen LogP contribution in [0.15, 0.2) is 24.5 Å². The van der Waals surface area contributed by atoms with Gasteiger partial charge in [-0.15, -0.1) is 0 Å². The molecule has 0 spiro atoms. The minimum absolute atomic E-state index is 0.586. The standard InChI is InChI=1S/C12H21N3/c1-11(15(2)3)10-14-9-6-12-4-7-13-8-5-12/h4-5,7-8,11,14H,6,9-10H2,1-3H3. The Labute approximate surface area is 92.5 Å². The van der Waals surface area contributed by atoms with Gasteiger partial charge in [0, 0.05) is 25.0 Å². The van der Waals surface area contributed by atoms with Gasteiger partial charge in [0.05, 0.1) is 0 Å². The lowest BCUT2D eigenvalue weighted by Crippen LogP contribution is -2.36. The molecule has 0 aromatic carbocycles. The van der Waals surface area contributed by atoms with Crippen LogP contribution in [0.2, 0.25) is 0 Å². The fourth-order valence-electron chi connectivity index (χ4n) is 1.28. The highest BCUT2D eigenvalue weighted by Crippen LogP contribution is 1.96. The first-order chi connectivity index (χ1) is 7.20. The van der Waals surface area contributed by atoms with Crippen LogP contribution in [0.4, 0.5) is 0 Å². The molecule has 0 radical (unpaired) electrons. The third-order valence-electron chi connectivity index (χ3n) is 2.66. The fraction of sp³-hybridized carbons (Fsp3) is 0.583. The molecule has 1 heterocycles. The molecular formula is C12H21N3. The van der Waals surface area contributed by atoms with Crippen LogP contribution in [0.3, 0.4) is 0 Å². The van der Waals surface area contributed by atoms with Crippen molar-refractivity contribution < 1.29 is 0 Å². The van der Waals surface area contributed by atoms with E-state index in [-0.39, 0.29) is 0 Å². The Morgan fingerprint density at radius 3 is 2.60 bits per heavy atom. The second-order valence-electron chi connectivity index (χ2n) is 4.12. The van der Waals surface area contributed by atoms with E-state index in [9.17, 15) is 0 Å². The number of pyridine rings is 1. The molecule has 0 saturated heterocycles. The molecule has 1 unspecified atom stereocenters. The second kappa shape index (κ2) is 6.53. The van der Waals surface area contributed by atoms with Crippen LogP contribution < -0.4 is 5.32 Å². The van der Waals surface area contributed by atoms with Gasteiger partial charge in [-0.25, -0.2) is 0 Å². The summed E-state index contributed by atoms with van der Waals surface area (Å²) in [5, 5.41) is 3.45. The van der Waals surface area contributed by atoms with Gasteiger partial charge in [0.1, 0.15) is 0 Å². The van der Waals surface area contributed by atoms with Crippen LogP contribution in [0, 0.1) is 0 Å². The number of likely N-dealkylation sites (N-methyl/N-ethyl adjacent to an activating group) is 1. The second-order valence-corrected chi connectivity index (χ2v) is 4.12. The lowest BCUT2D eigenvalue weighted by Gasteiger charge is -2.19. The third kappa shape index (κ3) is 4.91. The molecule has 0 aliphatic rings. The highest BCUT2D eigenvalue weighted by atomic mass is 15.1. The van der Waals surface area contributed by atoms with E-state index in [2.05, 4.69) is 48.4 Å². The zero-order valence-corrected chi connectivity index (χ0v) is 9.90. The van der Waals surface area contributed by atoms with Crippen molar-refractivity contribution >= 4 is 0 Å². The third-order valence-corrected chi connectivity index (χ3v) is 2.66. The number of hydrogen-bond donors (Lipinski definition) is 1. The summed E-state index contributed by atoms with van der Waals surface area (Å²) in [6.45, 7) is 4.29. The summed E-state index contributed by atoms with van der Waals surface area (Å²) in [6.07, 6.45) is 4.76. The van der Waals surface area contributed by atoms with E-state index in [4.69, 9.17) is 0 Å². The average Bonchev–Trinajstić information content (AvgIpc) is 2.25. The van der Waals surface area contributed by atoms with E-state index in [0.717, 1.165) is 19.5 Å². The molecule has 1 N–H and O–H groups in total. The van der Waals surface area contributed by atoms with E-state index >= 15 is 0 Å². The van der Waals surface area contributed by atoms with Gasteiger partial charge in [-0.2, -0.15) is 0 Å². The maximum Gasteiger partial charge on any atom is 0.0270 e. The van der Waals surface area contributed by atoms with E-state index in [1.165, 1.54) is 5.56 Å².